The molecule has 0 heterocycles. The number of aryl methyl sites for hydroxylation is 1. The Morgan fingerprint density at radius 1 is 0.850 bits per heavy atom. The minimum Gasteiger partial charge on any atom is -0.384 e. The van der Waals surface area contributed by atoms with Crippen molar-refractivity contribution in [3.63, 3.8) is 0 Å². The van der Waals surface area contributed by atoms with E-state index in [0.29, 0.717) is 0 Å². The van der Waals surface area contributed by atoms with Gasteiger partial charge >= 0.3 is 0 Å². The molecule has 1 unspecified atom stereocenters. The van der Waals surface area contributed by atoms with Crippen LogP contribution in [0.5, 0.6) is 0 Å². The Kier molecular flexibility index (Phi) is 3.60. The van der Waals surface area contributed by atoms with E-state index in [4.69, 9.17) is 0 Å². The molecule has 0 aliphatic rings. The highest BCUT2D eigenvalue weighted by Gasteiger charge is 2.14. The summed E-state index contributed by atoms with van der Waals surface area (Å²) >= 11 is 3.42. The van der Waals surface area contributed by atoms with E-state index in [1.807, 2.05) is 42.5 Å². The summed E-state index contributed by atoms with van der Waals surface area (Å²) in [6.07, 6.45) is -0.603. The fraction of sp³-hybridized carbons (Fsp3) is 0.111. The summed E-state index contributed by atoms with van der Waals surface area (Å²) in [7, 11) is 0. The first-order chi connectivity index (χ1) is 9.66. The van der Waals surface area contributed by atoms with E-state index in [0.717, 1.165) is 21.0 Å². The van der Waals surface area contributed by atoms with Gasteiger partial charge in [0.05, 0.1) is 0 Å². The first kappa shape index (κ1) is 13.3. The van der Waals surface area contributed by atoms with Crippen LogP contribution < -0.4 is 0 Å². The lowest BCUT2D eigenvalue weighted by Gasteiger charge is -2.15. The molecule has 0 amide bonds. The van der Waals surface area contributed by atoms with Crippen LogP contribution in [0, 0.1) is 6.92 Å². The molecule has 0 fully saturated rings. The van der Waals surface area contributed by atoms with E-state index in [1.54, 1.807) is 0 Å². The lowest BCUT2D eigenvalue weighted by Crippen LogP contribution is -2.01. The van der Waals surface area contributed by atoms with Crippen LogP contribution >= 0.6 is 15.9 Å². The Labute approximate surface area is 127 Å². The zero-order valence-electron chi connectivity index (χ0n) is 11.2. The highest BCUT2D eigenvalue weighted by atomic mass is 79.9. The summed E-state index contributed by atoms with van der Waals surface area (Å²) in [6.45, 7) is 2.10. The van der Waals surface area contributed by atoms with Crippen LogP contribution in [0.3, 0.4) is 0 Å². The van der Waals surface area contributed by atoms with Crippen LogP contribution in [-0.2, 0) is 0 Å². The van der Waals surface area contributed by atoms with Crippen LogP contribution in [0.1, 0.15) is 22.8 Å². The molecule has 1 N–H and O–H groups in total. The summed E-state index contributed by atoms with van der Waals surface area (Å²) < 4.78 is 1.02. The van der Waals surface area contributed by atoms with Gasteiger partial charge in [-0.2, -0.15) is 0 Å². The monoisotopic (exact) mass is 326 g/mol. The molecule has 0 radical (unpaired) electrons. The molecular formula is C18H15BrO. The first-order valence-electron chi connectivity index (χ1n) is 6.58. The van der Waals surface area contributed by atoms with Crippen molar-refractivity contribution < 1.29 is 5.11 Å². The van der Waals surface area contributed by atoms with Crippen LogP contribution in [0.2, 0.25) is 0 Å². The maximum atomic E-state index is 10.7. The number of aliphatic hydroxyl groups excluding tert-OH is 1. The van der Waals surface area contributed by atoms with Gasteiger partial charge in [0, 0.05) is 4.47 Å². The number of halogens is 1. The fourth-order valence-corrected chi connectivity index (χ4v) is 2.80. The van der Waals surface area contributed by atoms with Gasteiger partial charge in [0.15, 0.2) is 0 Å². The maximum Gasteiger partial charge on any atom is 0.105 e. The van der Waals surface area contributed by atoms with Gasteiger partial charge in [-0.15, -0.1) is 0 Å². The Morgan fingerprint density at radius 3 is 2.20 bits per heavy atom. The zero-order valence-corrected chi connectivity index (χ0v) is 12.8. The molecule has 0 aliphatic heterocycles. The van der Waals surface area contributed by atoms with Crippen molar-refractivity contribution in [2.24, 2.45) is 0 Å². The standard InChI is InChI=1S/C18H15BrO/c1-12-6-11-17(16-5-3-2-4-15(12)16)18(20)13-7-9-14(19)10-8-13/h2-11,18,20H,1H3. The van der Waals surface area contributed by atoms with Gasteiger partial charge in [-0.05, 0) is 46.5 Å². The molecule has 0 bridgehead atoms. The highest BCUT2D eigenvalue weighted by molar-refractivity contribution is 9.10. The summed E-state index contributed by atoms with van der Waals surface area (Å²) in [6, 6.07) is 20.1. The molecule has 20 heavy (non-hydrogen) atoms. The lowest BCUT2D eigenvalue weighted by atomic mass is 9.94. The Morgan fingerprint density at radius 2 is 1.50 bits per heavy atom. The second-order valence-electron chi connectivity index (χ2n) is 4.97. The number of hydrogen-bond acceptors (Lipinski definition) is 1. The molecule has 0 saturated carbocycles. The first-order valence-corrected chi connectivity index (χ1v) is 7.38. The lowest BCUT2D eigenvalue weighted by molar-refractivity contribution is 0.222. The number of aliphatic hydroxyl groups is 1. The van der Waals surface area contributed by atoms with E-state index in [9.17, 15) is 5.11 Å². The number of fused-ring (bicyclic) bond motifs is 1. The van der Waals surface area contributed by atoms with E-state index in [-0.39, 0.29) is 0 Å². The minimum absolute atomic E-state index is 0.603. The molecule has 3 aromatic rings. The molecule has 0 spiro atoms. The predicted molar refractivity (Wildman–Crippen MR) is 86.9 cm³/mol. The zero-order chi connectivity index (χ0) is 14.1. The largest absolute Gasteiger partial charge is 0.384 e. The normalized spacial score (nSPS) is 12.6. The Balaban J connectivity index is 2.14. The molecule has 2 heteroatoms. The van der Waals surface area contributed by atoms with E-state index >= 15 is 0 Å². The second-order valence-corrected chi connectivity index (χ2v) is 5.89. The van der Waals surface area contributed by atoms with Crippen molar-refractivity contribution in [3.05, 3.63) is 81.8 Å². The molecule has 0 aliphatic carbocycles. The highest BCUT2D eigenvalue weighted by Crippen LogP contribution is 2.31. The van der Waals surface area contributed by atoms with E-state index < -0.39 is 6.10 Å². The van der Waals surface area contributed by atoms with Crippen LogP contribution in [-0.4, -0.2) is 5.11 Å². The second kappa shape index (κ2) is 5.39. The third-order valence-corrected chi connectivity index (χ3v) is 4.18. The van der Waals surface area contributed by atoms with Crippen molar-refractivity contribution in [2.45, 2.75) is 13.0 Å². The third kappa shape index (κ3) is 2.37. The molecule has 0 aromatic heterocycles. The number of benzene rings is 3. The maximum absolute atomic E-state index is 10.7. The molecule has 1 atom stereocenters. The summed E-state index contributed by atoms with van der Waals surface area (Å²) in [5, 5.41) is 13.0. The molecule has 3 aromatic carbocycles. The van der Waals surface area contributed by atoms with Gasteiger partial charge in [-0.25, -0.2) is 0 Å². The fourth-order valence-electron chi connectivity index (χ4n) is 2.54. The van der Waals surface area contributed by atoms with Crippen LogP contribution in [0.25, 0.3) is 10.8 Å². The van der Waals surface area contributed by atoms with Crippen LogP contribution in [0.15, 0.2) is 65.1 Å². The van der Waals surface area contributed by atoms with Gasteiger partial charge in [0.2, 0.25) is 0 Å². The van der Waals surface area contributed by atoms with Crippen molar-refractivity contribution in [2.75, 3.05) is 0 Å². The van der Waals surface area contributed by atoms with Gasteiger partial charge in [-0.3, -0.25) is 0 Å². The summed E-state index contributed by atoms with van der Waals surface area (Å²) in [5.41, 5.74) is 3.09. The van der Waals surface area contributed by atoms with Crippen molar-refractivity contribution >= 4 is 26.7 Å². The van der Waals surface area contributed by atoms with Gasteiger partial charge in [0.25, 0.3) is 0 Å². The van der Waals surface area contributed by atoms with E-state index in [1.165, 1.54) is 10.9 Å². The van der Waals surface area contributed by atoms with Crippen molar-refractivity contribution in [1.82, 2.24) is 0 Å². The van der Waals surface area contributed by atoms with Gasteiger partial charge in [-0.1, -0.05) is 64.5 Å². The van der Waals surface area contributed by atoms with Crippen molar-refractivity contribution in [1.29, 1.82) is 0 Å². The summed E-state index contributed by atoms with van der Waals surface area (Å²) in [4.78, 5) is 0. The Bertz CT molecular complexity index is 747. The van der Waals surface area contributed by atoms with Crippen LogP contribution in [0.4, 0.5) is 0 Å². The minimum atomic E-state index is -0.603. The smallest absolute Gasteiger partial charge is 0.105 e. The number of hydrogen-bond donors (Lipinski definition) is 1. The van der Waals surface area contributed by atoms with Gasteiger partial charge in [0.1, 0.15) is 6.10 Å². The average Bonchev–Trinajstić information content (AvgIpc) is 2.48. The predicted octanol–water partition coefficient (Wildman–Crippen LogP) is 4.99. The molecule has 1 nitrogen and oxygen atoms in total. The quantitative estimate of drug-likeness (QED) is 0.703. The average molecular weight is 327 g/mol. The molecule has 100 valence electrons. The number of rotatable bonds is 2. The Hall–Kier alpha value is -1.64. The SMILES string of the molecule is Cc1ccc(C(O)c2ccc(Br)cc2)c2ccccc12. The third-order valence-electron chi connectivity index (χ3n) is 3.66. The molecular weight excluding hydrogens is 312 g/mol. The topological polar surface area (TPSA) is 20.2 Å². The molecule has 3 rings (SSSR count). The van der Waals surface area contributed by atoms with E-state index in [2.05, 4.69) is 41.1 Å². The molecule has 0 saturated heterocycles. The summed E-state index contributed by atoms with van der Waals surface area (Å²) in [5.74, 6) is 0. The van der Waals surface area contributed by atoms with Gasteiger partial charge < -0.3 is 5.11 Å². The van der Waals surface area contributed by atoms with Crippen molar-refractivity contribution in [3.8, 4) is 0 Å².